The average molecular weight is 406 g/mol. The number of hydrogen-bond acceptors (Lipinski definition) is 6. The van der Waals surface area contributed by atoms with Crippen molar-refractivity contribution < 1.29 is 24.7 Å². The maximum atomic E-state index is 11.6. The number of nitro groups is 1. The van der Waals surface area contributed by atoms with Crippen LogP contribution in [0.3, 0.4) is 0 Å². The number of carboxylic acid groups (broad SMARTS) is 2. The summed E-state index contributed by atoms with van der Waals surface area (Å²) in [7, 11) is 0. The molecule has 0 unspecified atom stereocenters. The quantitative estimate of drug-likeness (QED) is 0.308. The van der Waals surface area contributed by atoms with Crippen molar-refractivity contribution in [3.63, 3.8) is 0 Å². The maximum absolute atomic E-state index is 11.6. The van der Waals surface area contributed by atoms with Crippen molar-refractivity contribution >= 4 is 57.5 Å². The van der Waals surface area contributed by atoms with E-state index in [1.54, 1.807) is 30.3 Å². The Morgan fingerprint density at radius 3 is 2.43 bits per heavy atom. The Hall–Kier alpha value is -3.46. The highest BCUT2D eigenvalue weighted by atomic mass is 35.5. The normalized spacial score (nSPS) is 11.6. The van der Waals surface area contributed by atoms with Gasteiger partial charge in [-0.15, -0.1) is 12.4 Å². The number of hydrogen-bond donors (Lipinski definition) is 3. The monoisotopic (exact) mass is 405 g/mol. The van der Waals surface area contributed by atoms with Crippen molar-refractivity contribution in [3.05, 3.63) is 52.6 Å². The number of aromatic nitrogens is 1. The molecule has 3 aromatic rings. The molecule has 2 aromatic carbocycles. The van der Waals surface area contributed by atoms with E-state index >= 15 is 0 Å². The Morgan fingerprint density at radius 1 is 1.11 bits per heavy atom. The number of non-ortho nitro benzene ring substituents is 1. The van der Waals surface area contributed by atoms with Gasteiger partial charge in [0.05, 0.1) is 21.6 Å². The molecule has 3 N–H and O–H groups in total. The second-order valence-electron chi connectivity index (χ2n) is 5.90. The average Bonchev–Trinajstić information content (AvgIpc) is 2.63. The summed E-state index contributed by atoms with van der Waals surface area (Å²) >= 11 is 0. The fraction of sp³-hybridized carbons (Fsp3) is 0.167. The molecule has 1 atom stereocenters. The van der Waals surface area contributed by atoms with Crippen molar-refractivity contribution in [2.24, 2.45) is 0 Å². The summed E-state index contributed by atoms with van der Waals surface area (Å²) in [6, 6.07) is 10.1. The fourth-order valence-corrected chi connectivity index (χ4v) is 2.93. The lowest BCUT2D eigenvalue weighted by Gasteiger charge is -2.18. The lowest BCUT2D eigenvalue weighted by Crippen LogP contribution is -2.30. The van der Waals surface area contributed by atoms with E-state index in [0.717, 1.165) is 0 Å². The number of carbonyl (C=O) groups is 2. The first kappa shape index (κ1) is 20.8. The maximum Gasteiger partial charge on any atom is 0.326 e. The van der Waals surface area contributed by atoms with Crippen molar-refractivity contribution in [2.75, 3.05) is 5.32 Å². The summed E-state index contributed by atoms with van der Waals surface area (Å²) in [5.41, 5.74) is 0.916. The van der Waals surface area contributed by atoms with Crippen LogP contribution in [-0.4, -0.2) is 38.1 Å². The molecule has 9 nitrogen and oxygen atoms in total. The molecule has 0 aliphatic heterocycles. The third kappa shape index (κ3) is 4.09. The van der Waals surface area contributed by atoms with Gasteiger partial charge in [-0.2, -0.15) is 0 Å². The first-order valence-corrected chi connectivity index (χ1v) is 8.05. The first-order chi connectivity index (χ1) is 12.9. The topological polar surface area (TPSA) is 143 Å². The Labute approximate surface area is 164 Å². The number of rotatable bonds is 7. The van der Waals surface area contributed by atoms with Crippen LogP contribution in [0.2, 0.25) is 0 Å². The van der Waals surface area contributed by atoms with Gasteiger partial charge in [-0.25, -0.2) is 9.78 Å². The van der Waals surface area contributed by atoms with E-state index in [4.69, 9.17) is 5.11 Å². The SMILES string of the molecule is Cl.O=C(O)CC[C@H](Nc1c2ccccc2nc2cccc([N+](=O)[O-])c12)C(=O)O. The van der Waals surface area contributed by atoms with E-state index in [0.29, 0.717) is 16.4 Å². The Balaban J connectivity index is 0.00000280. The highest BCUT2D eigenvalue weighted by molar-refractivity contribution is 6.11. The molecular weight excluding hydrogens is 390 g/mol. The summed E-state index contributed by atoms with van der Waals surface area (Å²) < 4.78 is 0. The molecule has 0 saturated heterocycles. The van der Waals surface area contributed by atoms with Gasteiger partial charge in [0.1, 0.15) is 11.4 Å². The van der Waals surface area contributed by atoms with Gasteiger partial charge in [0.25, 0.3) is 5.69 Å². The molecule has 1 aromatic heterocycles. The Morgan fingerprint density at radius 2 is 1.79 bits per heavy atom. The van der Waals surface area contributed by atoms with Crippen molar-refractivity contribution in [1.82, 2.24) is 4.98 Å². The third-order valence-corrected chi connectivity index (χ3v) is 4.14. The molecule has 28 heavy (non-hydrogen) atoms. The summed E-state index contributed by atoms with van der Waals surface area (Å²) in [4.78, 5) is 37.8. The lowest BCUT2D eigenvalue weighted by molar-refractivity contribution is -0.383. The molecule has 1 heterocycles. The smallest absolute Gasteiger partial charge is 0.326 e. The number of halogens is 1. The van der Waals surface area contributed by atoms with Crippen LogP contribution in [0.25, 0.3) is 21.8 Å². The second kappa shape index (κ2) is 8.49. The first-order valence-electron chi connectivity index (χ1n) is 8.05. The van der Waals surface area contributed by atoms with Crippen molar-refractivity contribution in [3.8, 4) is 0 Å². The van der Waals surface area contributed by atoms with E-state index < -0.39 is 22.9 Å². The fourth-order valence-electron chi connectivity index (χ4n) is 2.93. The van der Waals surface area contributed by atoms with Crippen molar-refractivity contribution in [1.29, 1.82) is 0 Å². The molecule has 146 valence electrons. The number of aliphatic carboxylic acids is 2. The molecule has 0 amide bonds. The van der Waals surface area contributed by atoms with Gasteiger partial charge in [0.15, 0.2) is 0 Å². The molecule has 0 aliphatic rings. The lowest BCUT2D eigenvalue weighted by atomic mass is 10.0. The molecule has 10 heteroatoms. The van der Waals surface area contributed by atoms with Gasteiger partial charge in [0.2, 0.25) is 0 Å². The molecule has 0 fully saturated rings. The van der Waals surface area contributed by atoms with E-state index in [9.17, 15) is 24.8 Å². The minimum absolute atomic E-state index is 0. The molecular formula is C18H16ClN3O6. The van der Waals surface area contributed by atoms with E-state index in [2.05, 4.69) is 10.3 Å². The molecule has 0 saturated carbocycles. The minimum atomic E-state index is -1.25. The van der Waals surface area contributed by atoms with Crippen LogP contribution < -0.4 is 5.32 Å². The second-order valence-corrected chi connectivity index (χ2v) is 5.90. The third-order valence-electron chi connectivity index (χ3n) is 4.14. The number of nitro benzene ring substituents is 1. The zero-order valence-electron chi connectivity index (χ0n) is 14.4. The predicted octanol–water partition coefficient (Wildman–Crippen LogP) is 3.45. The number of carboxylic acids is 2. The largest absolute Gasteiger partial charge is 0.481 e. The van der Waals surface area contributed by atoms with Crippen LogP contribution in [-0.2, 0) is 9.59 Å². The molecule has 0 aliphatic carbocycles. The highest BCUT2D eigenvalue weighted by Crippen LogP contribution is 2.37. The Kier molecular flexibility index (Phi) is 6.32. The van der Waals surface area contributed by atoms with E-state index in [1.807, 2.05) is 0 Å². The molecule has 0 radical (unpaired) electrons. The zero-order valence-corrected chi connectivity index (χ0v) is 15.2. The van der Waals surface area contributed by atoms with Gasteiger partial charge in [-0.1, -0.05) is 24.3 Å². The van der Waals surface area contributed by atoms with Crippen LogP contribution in [0.5, 0.6) is 0 Å². The summed E-state index contributed by atoms with van der Waals surface area (Å²) in [5, 5.41) is 33.3. The van der Waals surface area contributed by atoms with Gasteiger partial charge < -0.3 is 15.5 Å². The van der Waals surface area contributed by atoms with Gasteiger partial charge >= 0.3 is 11.9 Å². The number of pyridine rings is 1. The Bertz CT molecular complexity index is 1070. The molecule has 0 spiro atoms. The number of benzene rings is 2. The highest BCUT2D eigenvalue weighted by Gasteiger charge is 2.24. The number of nitrogens with one attached hydrogen (secondary N) is 1. The van der Waals surface area contributed by atoms with Gasteiger partial charge in [-0.05, 0) is 18.6 Å². The predicted molar refractivity (Wildman–Crippen MR) is 105 cm³/mol. The summed E-state index contributed by atoms with van der Waals surface area (Å²) in [5.74, 6) is -2.37. The summed E-state index contributed by atoms with van der Waals surface area (Å²) in [6.45, 7) is 0. The molecule has 0 bridgehead atoms. The van der Waals surface area contributed by atoms with Crippen molar-refractivity contribution in [2.45, 2.75) is 18.9 Å². The van der Waals surface area contributed by atoms with E-state index in [1.165, 1.54) is 12.1 Å². The number of para-hydroxylation sites is 1. The zero-order chi connectivity index (χ0) is 19.6. The van der Waals surface area contributed by atoms with Crippen LogP contribution >= 0.6 is 12.4 Å². The van der Waals surface area contributed by atoms with E-state index in [-0.39, 0.29) is 42.0 Å². The molecule has 3 rings (SSSR count). The van der Waals surface area contributed by atoms with Gasteiger partial charge in [-0.3, -0.25) is 14.9 Å². The van der Waals surface area contributed by atoms with Crippen LogP contribution in [0.15, 0.2) is 42.5 Å². The number of anilines is 1. The van der Waals surface area contributed by atoms with Gasteiger partial charge in [0, 0.05) is 17.9 Å². The van der Waals surface area contributed by atoms with Crippen LogP contribution in [0, 0.1) is 10.1 Å². The minimum Gasteiger partial charge on any atom is -0.481 e. The summed E-state index contributed by atoms with van der Waals surface area (Å²) in [6.07, 6.45) is -0.531. The number of fused-ring (bicyclic) bond motifs is 2. The van der Waals surface area contributed by atoms with Crippen LogP contribution in [0.4, 0.5) is 11.4 Å². The van der Waals surface area contributed by atoms with Crippen LogP contribution in [0.1, 0.15) is 12.8 Å². The number of nitrogens with zero attached hydrogens (tertiary/aromatic N) is 2. The standard InChI is InChI=1S/C18H15N3O6.ClH/c22-15(23)9-8-13(18(24)25)20-17-10-4-1-2-5-11(10)19-12-6-3-7-14(16(12)17)21(26)27;/h1-7,13H,8-9H2,(H,19,20)(H,22,23)(H,24,25);1H/t13-;/m0./s1.